The molecule has 0 radical (unpaired) electrons. The third-order valence-electron chi connectivity index (χ3n) is 5.60. The van der Waals surface area contributed by atoms with Gasteiger partial charge in [-0.1, -0.05) is 24.3 Å². The van der Waals surface area contributed by atoms with Crippen molar-refractivity contribution < 1.29 is 23.1 Å². The van der Waals surface area contributed by atoms with E-state index in [0.29, 0.717) is 28.8 Å². The number of carbonyl (C=O) groups excluding carboxylic acids is 1. The van der Waals surface area contributed by atoms with Crippen LogP contribution in [0.1, 0.15) is 17.2 Å². The number of carbonyl (C=O) groups is 1. The Kier molecular flexibility index (Phi) is 5.12. The lowest BCUT2D eigenvalue weighted by Gasteiger charge is -2.18. The van der Waals surface area contributed by atoms with Crippen LogP contribution in [0.5, 0.6) is 5.75 Å². The highest BCUT2D eigenvalue weighted by molar-refractivity contribution is 7.89. The minimum Gasteiger partial charge on any atom is -0.410 e. The van der Waals surface area contributed by atoms with Gasteiger partial charge in [-0.3, -0.25) is 0 Å². The number of nitrogens with zero attached hydrogens (tertiary/aromatic N) is 1. The Morgan fingerprint density at radius 1 is 1.12 bits per heavy atom. The fourth-order valence-corrected chi connectivity index (χ4v) is 5.30. The lowest BCUT2D eigenvalue weighted by molar-refractivity contribution is 0.151. The van der Waals surface area contributed by atoms with Crippen molar-refractivity contribution in [3.05, 3.63) is 77.9 Å². The standard InChI is InChI=1S/C23H20N4O5S/c24-23(29)32-15-7-10-18-19(12-15)26-22(25-18)13-5-8-16(9-6-13)33(30,31)27-21-17-4-2-1-3-14(17)11-20(21)28/h1-10,12,20-21,27-28H,11H2,(H2,24,29)(H,25,26)/t20-,21+/m0/s1. The molecule has 0 bridgehead atoms. The number of hydrogen-bond donors (Lipinski definition) is 4. The number of fused-ring (bicyclic) bond motifs is 2. The number of aliphatic hydroxyl groups is 1. The van der Waals surface area contributed by atoms with E-state index in [1.54, 1.807) is 30.3 Å². The molecule has 1 heterocycles. The number of rotatable bonds is 5. The summed E-state index contributed by atoms with van der Waals surface area (Å²) in [6.45, 7) is 0. The molecule has 168 valence electrons. The van der Waals surface area contributed by atoms with Gasteiger partial charge in [-0.15, -0.1) is 0 Å². The summed E-state index contributed by atoms with van der Waals surface area (Å²) in [5, 5.41) is 10.4. The van der Waals surface area contributed by atoms with Crippen molar-refractivity contribution in [2.45, 2.75) is 23.5 Å². The van der Waals surface area contributed by atoms with Gasteiger partial charge in [0.25, 0.3) is 0 Å². The molecule has 2 atom stereocenters. The van der Waals surface area contributed by atoms with E-state index in [0.717, 1.165) is 11.1 Å². The number of aromatic nitrogens is 2. The third kappa shape index (κ3) is 4.07. The highest BCUT2D eigenvalue weighted by Gasteiger charge is 2.34. The van der Waals surface area contributed by atoms with Crippen molar-refractivity contribution in [2.24, 2.45) is 5.73 Å². The first-order valence-electron chi connectivity index (χ1n) is 10.2. The average Bonchev–Trinajstić information content (AvgIpc) is 3.34. The maximum Gasteiger partial charge on any atom is 0.409 e. The number of benzene rings is 3. The van der Waals surface area contributed by atoms with E-state index in [1.807, 2.05) is 24.3 Å². The molecule has 0 spiro atoms. The highest BCUT2D eigenvalue weighted by atomic mass is 32.2. The van der Waals surface area contributed by atoms with Crippen molar-refractivity contribution in [2.75, 3.05) is 0 Å². The number of ether oxygens (including phenoxy) is 1. The van der Waals surface area contributed by atoms with Crippen LogP contribution >= 0.6 is 0 Å². The molecule has 1 aliphatic carbocycles. The molecule has 0 aliphatic heterocycles. The summed E-state index contributed by atoms with van der Waals surface area (Å²) in [5.74, 6) is 0.812. The molecule has 3 aromatic carbocycles. The second kappa shape index (κ2) is 8.00. The maximum absolute atomic E-state index is 13.0. The van der Waals surface area contributed by atoms with Gasteiger partial charge in [0.05, 0.1) is 28.1 Å². The molecule has 0 fully saturated rings. The summed E-state index contributed by atoms with van der Waals surface area (Å²) in [6.07, 6.45) is -1.33. The number of sulfonamides is 1. The van der Waals surface area contributed by atoms with E-state index in [1.165, 1.54) is 12.1 Å². The van der Waals surface area contributed by atoms with E-state index < -0.39 is 28.3 Å². The minimum absolute atomic E-state index is 0.0797. The average molecular weight is 465 g/mol. The molecular weight excluding hydrogens is 444 g/mol. The Morgan fingerprint density at radius 2 is 1.88 bits per heavy atom. The van der Waals surface area contributed by atoms with Crippen molar-refractivity contribution >= 4 is 27.1 Å². The third-order valence-corrected chi connectivity index (χ3v) is 7.05. The molecule has 1 amide bonds. The Hall–Kier alpha value is -3.73. The van der Waals surface area contributed by atoms with Crippen LogP contribution in [-0.4, -0.2) is 35.7 Å². The zero-order valence-corrected chi connectivity index (χ0v) is 18.0. The number of hydrogen-bond acceptors (Lipinski definition) is 6. The monoisotopic (exact) mass is 464 g/mol. The van der Waals surface area contributed by atoms with E-state index in [4.69, 9.17) is 10.5 Å². The van der Waals surface area contributed by atoms with Crippen molar-refractivity contribution in [3.8, 4) is 17.1 Å². The first kappa shape index (κ1) is 21.1. The summed E-state index contributed by atoms with van der Waals surface area (Å²) in [7, 11) is -3.86. The predicted molar refractivity (Wildman–Crippen MR) is 121 cm³/mol. The maximum atomic E-state index is 13.0. The van der Waals surface area contributed by atoms with Crippen molar-refractivity contribution in [1.82, 2.24) is 14.7 Å². The first-order chi connectivity index (χ1) is 15.8. The van der Waals surface area contributed by atoms with Crippen LogP contribution in [-0.2, 0) is 16.4 Å². The first-order valence-corrected chi connectivity index (χ1v) is 11.6. The van der Waals surface area contributed by atoms with E-state index in [-0.39, 0.29) is 10.6 Å². The van der Waals surface area contributed by atoms with Gasteiger partial charge in [-0.2, -0.15) is 0 Å². The quantitative estimate of drug-likeness (QED) is 0.357. The van der Waals surface area contributed by atoms with Crippen molar-refractivity contribution in [3.63, 3.8) is 0 Å². The molecule has 0 saturated carbocycles. The number of nitrogens with one attached hydrogen (secondary N) is 2. The molecule has 5 rings (SSSR count). The molecular formula is C23H20N4O5S. The lowest BCUT2D eigenvalue weighted by Crippen LogP contribution is -2.33. The van der Waals surface area contributed by atoms with Crippen LogP contribution in [0.25, 0.3) is 22.4 Å². The van der Waals surface area contributed by atoms with Gasteiger partial charge in [0, 0.05) is 18.1 Å². The van der Waals surface area contributed by atoms with E-state index >= 15 is 0 Å². The van der Waals surface area contributed by atoms with Gasteiger partial charge in [0.15, 0.2) is 0 Å². The van der Waals surface area contributed by atoms with Crippen molar-refractivity contribution in [1.29, 1.82) is 0 Å². The van der Waals surface area contributed by atoms with Crippen LogP contribution in [0.4, 0.5) is 4.79 Å². The van der Waals surface area contributed by atoms with E-state index in [9.17, 15) is 18.3 Å². The molecule has 9 nitrogen and oxygen atoms in total. The van der Waals surface area contributed by atoms with Crippen LogP contribution < -0.4 is 15.2 Å². The molecule has 1 aromatic heterocycles. The lowest BCUT2D eigenvalue weighted by atomic mass is 10.1. The Labute approximate surface area is 189 Å². The smallest absolute Gasteiger partial charge is 0.409 e. The van der Waals surface area contributed by atoms with Gasteiger partial charge >= 0.3 is 6.09 Å². The topological polar surface area (TPSA) is 147 Å². The molecule has 1 aliphatic rings. The Bertz CT molecular complexity index is 1460. The second-order valence-electron chi connectivity index (χ2n) is 7.78. The number of amides is 1. The summed E-state index contributed by atoms with van der Waals surface area (Å²) in [6, 6.07) is 17.8. The van der Waals surface area contributed by atoms with Gasteiger partial charge in [-0.25, -0.2) is 22.9 Å². The van der Waals surface area contributed by atoms with Gasteiger partial charge in [0.2, 0.25) is 10.0 Å². The molecule has 33 heavy (non-hydrogen) atoms. The number of nitrogens with two attached hydrogens (primary N) is 1. The molecule has 10 heteroatoms. The normalized spacial score (nSPS) is 17.7. The van der Waals surface area contributed by atoms with Crippen LogP contribution in [0.3, 0.4) is 0 Å². The number of primary amides is 1. The van der Waals surface area contributed by atoms with Crippen LogP contribution in [0.2, 0.25) is 0 Å². The van der Waals surface area contributed by atoms with Crippen LogP contribution in [0, 0.1) is 0 Å². The molecule has 4 aromatic rings. The Morgan fingerprint density at radius 3 is 2.64 bits per heavy atom. The fourth-order valence-electron chi connectivity index (χ4n) is 4.05. The fraction of sp³-hybridized carbons (Fsp3) is 0.130. The molecule has 0 unspecified atom stereocenters. The predicted octanol–water partition coefficient (Wildman–Crippen LogP) is 2.62. The van der Waals surface area contributed by atoms with Gasteiger partial charge in [0.1, 0.15) is 11.6 Å². The zero-order valence-electron chi connectivity index (χ0n) is 17.2. The largest absolute Gasteiger partial charge is 0.410 e. The zero-order chi connectivity index (χ0) is 23.2. The summed E-state index contributed by atoms with van der Waals surface area (Å²) in [5.41, 5.74) is 8.72. The highest BCUT2D eigenvalue weighted by Crippen LogP contribution is 2.33. The molecule has 0 saturated heterocycles. The number of aliphatic hydroxyl groups excluding tert-OH is 1. The molecule has 5 N–H and O–H groups in total. The number of imidazole rings is 1. The Balaban J connectivity index is 1.38. The summed E-state index contributed by atoms with van der Waals surface area (Å²) in [4.78, 5) is 18.6. The number of aromatic amines is 1. The summed E-state index contributed by atoms with van der Waals surface area (Å²) < 4.78 is 33.4. The second-order valence-corrected chi connectivity index (χ2v) is 9.49. The van der Waals surface area contributed by atoms with E-state index in [2.05, 4.69) is 14.7 Å². The minimum atomic E-state index is -3.86. The summed E-state index contributed by atoms with van der Waals surface area (Å²) >= 11 is 0. The van der Waals surface area contributed by atoms with Crippen LogP contribution in [0.15, 0.2) is 71.6 Å². The SMILES string of the molecule is NC(=O)Oc1ccc2nc(-c3ccc(S(=O)(=O)N[C@@H]4c5ccccc5C[C@@H]4O)cc3)[nH]c2c1. The van der Waals surface area contributed by atoms with Gasteiger partial charge in [-0.05, 0) is 47.5 Å². The number of H-pyrrole nitrogens is 1. The van der Waals surface area contributed by atoms with Gasteiger partial charge < -0.3 is 20.6 Å².